The number of carboxylic acid groups (broad SMARTS) is 1. The zero-order valence-electron chi connectivity index (χ0n) is 13.3. The van der Waals surface area contributed by atoms with Crippen molar-refractivity contribution < 1.29 is 14.7 Å². The molecule has 0 fully saturated rings. The number of carboxylic acids is 1. The fourth-order valence-corrected chi connectivity index (χ4v) is 2.49. The summed E-state index contributed by atoms with van der Waals surface area (Å²) in [6.45, 7) is 4.07. The number of rotatable bonds is 7. The summed E-state index contributed by atoms with van der Waals surface area (Å²) in [5.41, 5.74) is 1.48. The van der Waals surface area contributed by atoms with Crippen LogP contribution in [0, 0.1) is 0 Å². The van der Waals surface area contributed by atoms with Gasteiger partial charge in [0, 0.05) is 11.6 Å². The number of carbonyl (C=O) groups excluding carboxylic acids is 1. The summed E-state index contributed by atoms with van der Waals surface area (Å²) in [6, 6.07) is 8.70. The molecule has 0 saturated carbocycles. The van der Waals surface area contributed by atoms with Crippen molar-refractivity contribution in [2.75, 3.05) is 18.4 Å². The highest BCUT2D eigenvalue weighted by Gasteiger charge is 2.23. The van der Waals surface area contributed by atoms with Crippen LogP contribution in [-0.4, -0.2) is 46.0 Å². The second-order valence-electron chi connectivity index (χ2n) is 5.41. The Morgan fingerprint density at radius 2 is 2.09 bits per heavy atom. The van der Waals surface area contributed by atoms with Crippen LogP contribution in [0.3, 0.4) is 0 Å². The van der Waals surface area contributed by atoms with E-state index in [9.17, 15) is 9.59 Å². The van der Waals surface area contributed by atoms with Crippen LogP contribution >= 0.6 is 0 Å². The van der Waals surface area contributed by atoms with Gasteiger partial charge < -0.3 is 10.4 Å². The van der Waals surface area contributed by atoms with E-state index in [1.165, 1.54) is 0 Å². The molecule has 0 spiro atoms. The van der Waals surface area contributed by atoms with Gasteiger partial charge in [-0.25, -0.2) is 0 Å². The molecule has 1 aromatic carbocycles. The monoisotopic (exact) mass is 315 g/mol. The summed E-state index contributed by atoms with van der Waals surface area (Å²) >= 11 is 0. The van der Waals surface area contributed by atoms with E-state index in [1.807, 2.05) is 37.3 Å². The van der Waals surface area contributed by atoms with Crippen molar-refractivity contribution in [3.05, 3.63) is 36.5 Å². The van der Waals surface area contributed by atoms with Crippen LogP contribution in [0.5, 0.6) is 0 Å². The predicted octanol–water partition coefficient (Wildman–Crippen LogP) is 2.36. The molecule has 0 aliphatic carbocycles. The Bertz CT molecular complexity index is 697. The topological polar surface area (TPSA) is 82.5 Å². The second-order valence-corrected chi connectivity index (χ2v) is 5.41. The van der Waals surface area contributed by atoms with Gasteiger partial charge in [-0.1, -0.05) is 13.0 Å². The Morgan fingerprint density at radius 3 is 2.78 bits per heavy atom. The Balaban J connectivity index is 2.17. The van der Waals surface area contributed by atoms with Crippen molar-refractivity contribution in [3.8, 4) is 0 Å². The molecule has 2 aromatic rings. The third-order valence-corrected chi connectivity index (χ3v) is 3.68. The molecule has 0 saturated heterocycles. The molecular weight excluding hydrogens is 294 g/mol. The van der Waals surface area contributed by atoms with E-state index in [0.29, 0.717) is 12.2 Å². The molecule has 0 bridgehead atoms. The Kier molecular flexibility index (Phi) is 5.65. The highest BCUT2D eigenvalue weighted by Crippen LogP contribution is 2.21. The molecule has 122 valence electrons. The molecule has 1 heterocycles. The molecule has 2 N–H and O–H groups in total. The second kappa shape index (κ2) is 7.69. The predicted molar refractivity (Wildman–Crippen MR) is 89.3 cm³/mol. The van der Waals surface area contributed by atoms with E-state index in [-0.39, 0.29) is 12.5 Å². The minimum atomic E-state index is -0.938. The number of benzene rings is 1. The van der Waals surface area contributed by atoms with Gasteiger partial charge in [0.2, 0.25) is 5.91 Å². The summed E-state index contributed by atoms with van der Waals surface area (Å²) in [5, 5.41) is 12.7. The number of aliphatic carboxylic acids is 1. The van der Waals surface area contributed by atoms with Crippen molar-refractivity contribution >= 4 is 28.5 Å². The molecule has 6 nitrogen and oxygen atoms in total. The molecule has 23 heavy (non-hydrogen) atoms. The van der Waals surface area contributed by atoms with E-state index in [1.54, 1.807) is 18.0 Å². The Labute approximate surface area is 135 Å². The van der Waals surface area contributed by atoms with Crippen LogP contribution in [0.15, 0.2) is 36.5 Å². The molecule has 0 aliphatic heterocycles. The third kappa shape index (κ3) is 4.26. The first-order valence-electron chi connectivity index (χ1n) is 7.63. The van der Waals surface area contributed by atoms with Gasteiger partial charge in [-0.05, 0) is 44.2 Å². The number of pyridine rings is 1. The van der Waals surface area contributed by atoms with Crippen LogP contribution < -0.4 is 5.32 Å². The van der Waals surface area contributed by atoms with Crippen LogP contribution in [0.2, 0.25) is 0 Å². The van der Waals surface area contributed by atoms with Gasteiger partial charge in [0.25, 0.3) is 0 Å². The molecule has 0 aliphatic rings. The van der Waals surface area contributed by atoms with Crippen molar-refractivity contribution in [1.82, 2.24) is 9.88 Å². The molecule has 1 aromatic heterocycles. The number of carbonyl (C=O) groups is 2. The minimum absolute atomic E-state index is 0.153. The highest BCUT2D eigenvalue weighted by atomic mass is 16.4. The lowest BCUT2D eigenvalue weighted by molar-refractivity contribution is -0.139. The SMILES string of the molecule is CCCN(CC(=O)O)C(C)C(=O)Nc1cccc2ncccc12. The molecular formula is C17H21N3O3. The van der Waals surface area contributed by atoms with Gasteiger partial charge in [-0.15, -0.1) is 0 Å². The van der Waals surface area contributed by atoms with E-state index >= 15 is 0 Å². The average Bonchev–Trinajstić information content (AvgIpc) is 2.53. The van der Waals surface area contributed by atoms with Crippen molar-refractivity contribution in [2.24, 2.45) is 0 Å². The maximum Gasteiger partial charge on any atom is 0.317 e. The van der Waals surface area contributed by atoms with E-state index in [2.05, 4.69) is 10.3 Å². The van der Waals surface area contributed by atoms with Crippen LogP contribution in [0.1, 0.15) is 20.3 Å². The molecule has 2 rings (SSSR count). The Hall–Kier alpha value is -2.47. The minimum Gasteiger partial charge on any atom is -0.480 e. The van der Waals surface area contributed by atoms with Crippen molar-refractivity contribution in [2.45, 2.75) is 26.3 Å². The van der Waals surface area contributed by atoms with Crippen molar-refractivity contribution in [1.29, 1.82) is 0 Å². The number of nitrogens with one attached hydrogen (secondary N) is 1. The first kappa shape index (κ1) is 16.9. The first-order valence-corrected chi connectivity index (χ1v) is 7.63. The maximum absolute atomic E-state index is 12.5. The highest BCUT2D eigenvalue weighted by molar-refractivity contribution is 6.02. The number of hydrogen-bond acceptors (Lipinski definition) is 4. The molecule has 1 unspecified atom stereocenters. The number of anilines is 1. The van der Waals surface area contributed by atoms with Gasteiger partial charge in [0.05, 0.1) is 23.8 Å². The summed E-state index contributed by atoms with van der Waals surface area (Å²) in [5.74, 6) is -1.16. The van der Waals surface area contributed by atoms with Gasteiger partial charge in [-0.2, -0.15) is 0 Å². The molecule has 1 amide bonds. The quantitative estimate of drug-likeness (QED) is 0.819. The number of amides is 1. The summed E-state index contributed by atoms with van der Waals surface area (Å²) in [7, 11) is 0. The third-order valence-electron chi connectivity index (χ3n) is 3.68. The average molecular weight is 315 g/mol. The summed E-state index contributed by atoms with van der Waals surface area (Å²) in [6.07, 6.45) is 2.48. The van der Waals surface area contributed by atoms with Crippen molar-refractivity contribution in [3.63, 3.8) is 0 Å². The zero-order chi connectivity index (χ0) is 16.8. The number of hydrogen-bond donors (Lipinski definition) is 2. The van der Waals surface area contributed by atoms with Gasteiger partial charge in [0.1, 0.15) is 0 Å². The van der Waals surface area contributed by atoms with Gasteiger partial charge >= 0.3 is 5.97 Å². The summed E-state index contributed by atoms with van der Waals surface area (Å²) in [4.78, 5) is 29.4. The van der Waals surface area contributed by atoms with Gasteiger partial charge in [0.15, 0.2) is 0 Å². The normalized spacial score (nSPS) is 12.3. The van der Waals surface area contributed by atoms with Crippen LogP contribution in [-0.2, 0) is 9.59 Å². The fourth-order valence-electron chi connectivity index (χ4n) is 2.49. The lowest BCUT2D eigenvalue weighted by Crippen LogP contribution is -2.44. The Morgan fingerprint density at radius 1 is 1.30 bits per heavy atom. The lowest BCUT2D eigenvalue weighted by Gasteiger charge is -2.26. The zero-order valence-corrected chi connectivity index (χ0v) is 13.3. The lowest BCUT2D eigenvalue weighted by atomic mass is 10.1. The molecule has 0 radical (unpaired) electrons. The van der Waals surface area contributed by atoms with E-state index in [0.717, 1.165) is 17.3 Å². The fraction of sp³-hybridized carbons (Fsp3) is 0.353. The number of nitrogens with zero attached hydrogens (tertiary/aromatic N) is 2. The number of aromatic nitrogens is 1. The van der Waals surface area contributed by atoms with E-state index < -0.39 is 12.0 Å². The maximum atomic E-state index is 12.5. The van der Waals surface area contributed by atoms with Crippen LogP contribution in [0.25, 0.3) is 10.9 Å². The van der Waals surface area contributed by atoms with Crippen LogP contribution in [0.4, 0.5) is 5.69 Å². The largest absolute Gasteiger partial charge is 0.480 e. The number of fused-ring (bicyclic) bond motifs is 1. The summed E-state index contributed by atoms with van der Waals surface area (Å²) < 4.78 is 0. The smallest absolute Gasteiger partial charge is 0.317 e. The molecule has 6 heteroatoms. The first-order chi connectivity index (χ1) is 11.0. The van der Waals surface area contributed by atoms with E-state index in [4.69, 9.17) is 5.11 Å². The van der Waals surface area contributed by atoms with Gasteiger partial charge in [-0.3, -0.25) is 19.5 Å². The standard InChI is InChI=1S/C17H21N3O3/c1-3-10-20(11-16(21)22)12(2)17(23)19-15-8-4-7-14-13(15)6-5-9-18-14/h4-9,12H,3,10-11H2,1-2H3,(H,19,23)(H,21,22). The molecule has 1 atom stereocenters.